The van der Waals surface area contributed by atoms with Crippen molar-refractivity contribution in [3.8, 4) is 50.7 Å². The monoisotopic (exact) mass is 793 g/mol. The standard InChI is InChI=1S/C57H35N3S/c1-3-17-36(18-4-1)49-35-50(37-19-5-2-6-20-37)59-56(58-49)44-32-34-52(41-24-8-7-21-38(41)44)60-51-29-15-11-25-42(51)43-31-33-48-55(54(43)60)61-53-30-16-14-28-47(53)57(48)45-26-12-9-22-39(45)40-23-10-13-27-46(40)57/h1-35H. The van der Waals surface area contributed by atoms with Crippen molar-refractivity contribution in [1.29, 1.82) is 0 Å². The Morgan fingerprint density at radius 1 is 0.393 bits per heavy atom. The summed E-state index contributed by atoms with van der Waals surface area (Å²) in [7, 11) is 0. The van der Waals surface area contributed by atoms with E-state index in [1.54, 1.807) is 0 Å². The van der Waals surface area contributed by atoms with Crippen LogP contribution in [-0.4, -0.2) is 14.5 Å². The normalized spacial score (nSPS) is 13.3. The van der Waals surface area contributed by atoms with Crippen LogP contribution in [0.5, 0.6) is 0 Å². The van der Waals surface area contributed by atoms with Gasteiger partial charge in [-0.05, 0) is 69.1 Å². The zero-order chi connectivity index (χ0) is 40.1. The highest BCUT2D eigenvalue weighted by molar-refractivity contribution is 7.99. The Morgan fingerprint density at radius 2 is 0.951 bits per heavy atom. The van der Waals surface area contributed by atoms with E-state index in [-0.39, 0.29) is 0 Å². The molecule has 2 aliphatic rings. The lowest BCUT2D eigenvalue weighted by atomic mass is 9.67. The average Bonchev–Trinajstić information content (AvgIpc) is 3.83. The Hall–Kier alpha value is -7.53. The van der Waals surface area contributed by atoms with E-state index in [2.05, 4.69) is 205 Å². The fourth-order valence-electron chi connectivity index (χ4n) is 10.4. The Bertz CT molecular complexity index is 3470. The summed E-state index contributed by atoms with van der Waals surface area (Å²) in [6, 6.07) is 77.1. The van der Waals surface area contributed by atoms with Crippen molar-refractivity contribution >= 4 is 44.3 Å². The lowest BCUT2D eigenvalue weighted by Gasteiger charge is -2.40. The second-order valence-electron chi connectivity index (χ2n) is 16.0. The molecule has 0 unspecified atom stereocenters. The fourth-order valence-corrected chi connectivity index (χ4v) is 11.7. The molecular weight excluding hydrogens is 759 g/mol. The minimum absolute atomic E-state index is 0.469. The van der Waals surface area contributed by atoms with Crippen molar-refractivity contribution in [2.24, 2.45) is 0 Å². The number of nitrogens with zero attached hydrogens (tertiary/aromatic N) is 3. The first-order valence-electron chi connectivity index (χ1n) is 20.8. The minimum atomic E-state index is -0.469. The molecule has 9 aromatic carbocycles. The van der Waals surface area contributed by atoms with E-state index < -0.39 is 5.41 Å². The van der Waals surface area contributed by atoms with Gasteiger partial charge in [-0.25, -0.2) is 9.97 Å². The van der Waals surface area contributed by atoms with Crippen LogP contribution >= 0.6 is 11.8 Å². The molecule has 4 heteroatoms. The molecule has 1 aliphatic carbocycles. The molecule has 0 atom stereocenters. The van der Waals surface area contributed by atoms with Gasteiger partial charge in [0, 0.05) is 42.6 Å². The van der Waals surface area contributed by atoms with Crippen LogP contribution in [0.1, 0.15) is 22.3 Å². The second kappa shape index (κ2) is 13.2. The van der Waals surface area contributed by atoms with Crippen LogP contribution in [0.4, 0.5) is 0 Å². The van der Waals surface area contributed by atoms with Crippen molar-refractivity contribution < 1.29 is 0 Å². The molecule has 0 bridgehead atoms. The van der Waals surface area contributed by atoms with Gasteiger partial charge in [-0.1, -0.05) is 194 Å². The first kappa shape index (κ1) is 34.3. The number of para-hydroxylation sites is 1. The van der Waals surface area contributed by atoms with Gasteiger partial charge in [0.2, 0.25) is 0 Å². The second-order valence-corrected chi connectivity index (χ2v) is 17.1. The van der Waals surface area contributed by atoms with Gasteiger partial charge in [0.25, 0.3) is 0 Å². The zero-order valence-corrected chi connectivity index (χ0v) is 33.8. The molecule has 2 aromatic heterocycles. The highest BCUT2D eigenvalue weighted by Gasteiger charge is 2.50. The predicted molar refractivity (Wildman–Crippen MR) is 252 cm³/mol. The third kappa shape index (κ3) is 4.88. The lowest BCUT2D eigenvalue weighted by molar-refractivity contribution is 0.724. The van der Waals surface area contributed by atoms with Gasteiger partial charge in [0.1, 0.15) is 0 Å². The SMILES string of the molecule is c1ccc(-c2cc(-c3ccccc3)nc(-c3ccc(-n4c5ccccc5c5ccc6c(c54)Sc4ccccc4C64c5ccccc5-c5ccccc54)c4ccccc34)n2)cc1. The van der Waals surface area contributed by atoms with E-state index >= 15 is 0 Å². The third-order valence-electron chi connectivity index (χ3n) is 12.9. The van der Waals surface area contributed by atoms with E-state index in [0.29, 0.717) is 5.82 Å². The smallest absolute Gasteiger partial charge is 0.161 e. The van der Waals surface area contributed by atoms with Crippen molar-refractivity contribution in [1.82, 2.24) is 14.5 Å². The van der Waals surface area contributed by atoms with E-state index in [4.69, 9.17) is 9.97 Å². The van der Waals surface area contributed by atoms with E-state index in [0.717, 1.165) is 44.5 Å². The number of hydrogen-bond donors (Lipinski definition) is 0. The summed E-state index contributed by atoms with van der Waals surface area (Å²) < 4.78 is 2.54. The van der Waals surface area contributed by atoms with Gasteiger partial charge >= 0.3 is 0 Å². The van der Waals surface area contributed by atoms with Gasteiger partial charge < -0.3 is 4.57 Å². The molecule has 3 heterocycles. The third-order valence-corrected chi connectivity index (χ3v) is 14.1. The van der Waals surface area contributed by atoms with Crippen LogP contribution in [0.2, 0.25) is 0 Å². The van der Waals surface area contributed by atoms with Crippen LogP contribution in [-0.2, 0) is 5.41 Å². The summed E-state index contributed by atoms with van der Waals surface area (Å²) in [5.41, 5.74) is 15.9. The molecule has 284 valence electrons. The van der Waals surface area contributed by atoms with Crippen LogP contribution in [0.15, 0.2) is 222 Å². The number of aromatic nitrogens is 3. The van der Waals surface area contributed by atoms with Crippen molar-refractivity contribution in [2.45, 2.75) is 15.2 Å². The van der Waals surface area contributed by atoms with Gasteiger partial charge in [-0.2, -0.15) is 0 Å². The molecule has 0 saturated carbocycles. The van der Waals surface area contributed by atoms with Crippen molar-refractivity contribution in [3.05, 3.63) is 235 Å². The average molecular weight is 794 g/mol. The number of fused-ring (bicyclic) bond motifs is 14. The molecular formula is C57H35N3S. The number of benzene rings is 9. The first-order valence-corrected chi connectivity index (χ1v) is 21.6. The van der Waals surface area contributed by atoms with Gasteiger partial charge in [0.15, 0.2) is 5.82 Å². The molecule has 0 amide bonds. The quantitative estimate of drug-likeness (QED) is 0.178. The zero-order valence-electron chi connectivity index (χ0n) is 33.0. The summed E-state index contributed by atoms with van der Waals surface area (Å²) in [5, 5.41) is 4.73. The highest BCUT2D eigenvalue weighted by atomic mass is 32.2. The Kier molecular flexibility index (Phi) is 7.45. The minimum Gasteiger partial charge on any atom is -0.307 e. The lowest BCUT2D eigenvalue weighted by Crippen LogP contribution is -2.32. The molecule has 0 radical (unpaired) electrons. The maximum atomic E-state index is 5.28. The van der Waals surface area contributed by atoms with Gasteiger partial charge in [-0.3, -0.25) is 0 Å². The van der Waals surface area contributed by atoms with Crippen molar-refractivity contribution in [3.63, 3.8) is 0 Å². The molecule has 1 spiro atoms. The molecule has 13 rings (SSSR count). The summed E-state index contributed by atoms with van der Waals surface area (Å²) in [6.07, 6.45) is 0. The van der Waals surface area contributed by atoms with E-state index in [1.807, 2.05) is 23.9 Å². The summed E-state index contributed by atoms with van der Waals surface area (Å²) in [6.45, 7) is 0. The van der Waals surface area contributed by atoms with Gasteiger partial charge in [-0.15, -0.1) is 0 Å². The van der Waals surface area contributed by atoms with Crippen LogP contribution in [0.3, 0.4) is 0 Å². The summed E-state index contributed by atoms with van der Waals surface area (Å²) >= 11 is 1.91. The molecule has 0 fully saturated rings. The number of hydrogen-bond acceptors (Lipinski definition) is 3. The van der Waals surface area contributed by atoms with E-state index in [9.17, 15) is 0 Å². The van der Waals surface area contributed by atoms with E-state index in [1.165, 1.54) is 65.0 Å². The molecule has 3 nitrogen and oxygen atoms in total. The highest BCUT2D eigenvalue weighted by Crippen LogP contribution is 2.63. The summed E-state index contributed by atoms with van der Waals surface area (Å²) in [4.78, 5) is 13.1. The Labute approximate surface area is 357 Å². The predicted octanol–water partition coefficient (Wildman–Crippen LogP) is 14.6. The molecule has 11 aromatic rings. The molecule has 61 heavy (non-hydrogen) atoms. The van der Waals surface area contributed by atoms with Crippen LogP contribution in [0.25, 0.3) is 83.3 Å². The topological polar surface area (TPSA) is 30.7 Å². The maximum absolute atomic E-state index is 5.28. The van der Waals surface area contributed by atoms with Crippen LogP contribution in [0, 0.1) is 0 Å². The largest absolute Gasteiger partial charge is 0.307 e. The Balaban J connectivity index is 1.10. The molecule has 0 N–H and O–H groups in total. The number of rotatable bonds is 4. The molecule has 0 saturated heterocycles. The van der Waals surface area contributed by atoms with Gasteiger partial charge in [0.05, 0.1) is 33.5 Å². The Morgan fingerprint density at radius 3 is 1.64 bits per heavy atom. The first-order chi connectivity index (χ1) is 30.3. The maximum Gasteiger partial charge on any atom is 0.161 e. The van der Waals surface area contributed by atoms with Crippen molar-refractivity contribution in [2.75, 3.05) is 0 Å². The summed E-state index contributed by atoms with van der Waals surface area (Å²) in [5.74, 6) is 0.704. The van der Waals surface area contributed by atoms with Crippen LogP contribution < -0.4 is 0 Å². The molecule has 1 aliphatic heterocycles. The fraction of sp³-hybridized carbons (Fsp3) is 0.0175.